The summed E-state index contributed by atoms with van der Waals surface area (Å²) in [4.78, 5) is 44.3. The Balaban J connectivity index is 1.35. The minimum absolute atomic E-state index is 0.0125. The van der Waals surface area contributed by atoms with Crippen molar-refractivity contribution in [3.8, 4) is 0 Å². The van der Waals surface area contributed by atoms with Gasteiger partial charge in [-0.15, -0.1) is 0 Å². The number of amides is 3. The second-order valence-electron chi connectivity index (χ2n) is 7.24. The fourth-order valence-electron chi connectivity index (χ4n) is 3.34. The number of aromatic nitrogens is 1. The third-order valence-electron chi connectivity index (χ3n) is 5.07. The summed E-state index contributed by atoms with van der Waals surface area (Å²) >= 11 is 0. The first-order valence-corrected chi connectivity index (χ1v) is 10.1. The highest BCUT2D eigenvalue weighted by Gasteiger charge is 2.24. The van der Waals surface area contributed by atoms with E-state index in [1.165, 1.54) is 0 Å². The molecular weight excluding hydrogens is 406 g/mol. The SMILES string of the molecule is O=C(NCCCC(=O)N1CCN(C(=O)Cc2ccccn2)CC1)c1ccc(F)cc1F. The molecule has 3 amide bonds. The van der Waals surface area contributed by atoms with E-state index in [9.17, 15) is 23.2 Å². The summed E-state index contributed by atoms with van der Waals surface area (Å²) in [6, 6.07) is 8.19. The minimum atomic E-state index is -0.927. The highest BCUT2D eigenvalue weighted by molar-refractivity contribution is 5.94. The number of nitrogens with one attached hydrogen (secondary N) is 1. The van der Waals surface area contributed by atoms with Crippen LogP contribution in [0.5, 0.6) is 0 Å². The average molecular weight is 430 g/mol. The van der Waals surface area contributed by atoms with E-state index in [1.807, 2.05) is 6.07 Å². The molecule has 7 nitrogen and oxygen atoms in total. The van der Waals surface area contributed by atoms with Crippen molar-refractivity contribution < 1.29 is 23.2 Å². The Morgan fingerprint density at radius 2 is 1.68 bits per heavy atom. The highest BCUT2D eigenvalue weighted by atomic mass is 19.1. The second-order valence-corrected chi connectivity index (χ2v) is 7.24. The van der Waals surface area contributed by atoms with E-state index < -0.39 is 17.5 Å². The standard InChI is InChI=1S/C22H24F2N4O3/c23-16-6-7-18(19(24)14-16)22(31)26-9-3-5-20(29)27-10-12-28(13-11-27)21(30)15-17-4-1-2-8-25-17/h1-2,4,6-8,14H,3,5,9-13,15H2,(H,26,31). The van der Waals surface area contributed by atoms with Crippen molar-refractivity contribution in [2.45, 2.75) is 19.3 Å². The van der Waals surface area contributed by atoms with Gasteiger partial charge in [-0.1, -0.05) is 6.07 Å². The van der Waals surface area contributed by atoms with Gasteiger partial charge >= 0.3 is 0 Å². The van der Waals surface area contributed by atoms with Crippen molar-refractivity contribution >= 4 is 17.7 Å². The molecule has 31 heavy (non-hydrogen) atoms. The molecule has 0 atom stereocenters. The number of benzene rings is 1. The van der Waals surface area contributed by atoms with E-state index >= 15 is 0 Å². The number of nitrogens with zero attached hydrogens (tertiary/aromatic N) is 3. The summed E-state index contributed by atoms with van der Waals surface area (Å²) in [6.07, 6.45) is 2.52. The van der Waals surface area contributed by atoms with Gasteiger partial charge in [-0.05, 0) is 30.7 Å². The van der Waals surface area contributed by atoms with Crippen molar-refractivity contribution in [1.82, 2.24) is 20.1 Å². The van der Waals surface area contributed by atoms with Crippen LogP contribution in [0.15, 0.2) is 42.6 Å². The summed E-state index contributed by atoms with van der Waals surface area (Å²) in [7, 11) is 0. The van der Waals surface area contributed by atoms with Crippen LogP contribution >= 0.6 is 0 Å². The molecule has 0 bridgehead atoms. The number of piperazine rings is 1. The highest BCUT2D eigenvalue weighted by Crippen LogP contribution is 2.10. The molecular formula is C22H24F2N4O3. The lowest BCUT2D eigenvalue weighted by Crippen LogP contribution is -2.51. The van der Waals surface area contributed by atoms with Crippen LogP contribution in [0.2, 0.25) is 0 Å². The van der Waals surface area contributed by atoms with Crippen LogP contribution in [-0.2, 0) is 16.0 Å². The van der Waals surface area contributed by atoms with Crippen molar-refractivity contribution in [3.63, 3.8) is 0 Å². The van der Waals surface area contributed by atoms with E-state index in [2.05, 4.69) is 10.3 Å². The summed E-state index contributed by atoms with van der Waals surface area (Å²) in [5, 5.41) is 2.53. The molecule has 0 radical (unpaired) electrons. The Bertz CT molecular complexity index is 932. The van der Waals surface area contributed by atoms with Gasteiger partial charge in [-0.2, -0.15) is 0 Å². The predicted molar refractivity (Wildman–Crippen MR) is 109 cm³/mol. The van der Waals surface area contributed by atoms with E-state index in [1.54, 1.807) is 28.1 Å². The lowest BCUT2D eigenvalue weighted by atomic mass is 10.2. The number of halogens is 2. The summed E-state index contributed by atoms with van der Waals surface area (Å²) < 4.78 is 26.5. The van der Waals surface area contributed by atoms with Crippen LogP contribution in [0, 0.1) is 11.6 Å². The van der Waals surface area contributed by atoms with Crippen molar-refractivity contribution in [2.75, 3.05) is 32.7 Å². The summed E-state index contributed by atoms with van der Waals surface area (Å²) in [5.41, 5.74) is 0.479. The van der Waals surface area contributed by atoms with E-state index in [0.717, 1.165) is 12.1 Å². The molecule has 2 heterocycles. The van der Waals surface area contributed by atoms with E-state index in [-0.39, 0.29) is 36.8 Å². The number of carbonyl (C=O) groups is 3. The molecule has 1 fully saturated rings. The topological polar surface area (TPSA) is 82.6 Å². The monoisotopic (exact) mass is 430 g/mol. The first-order chi connectivity index (χ1) is 14.9. The maximum atomic E-state index is 13.6. The molecule has 1 saturated heterocycles. The van der Waals surface area contributed by atoms with Gasteiger partial charge in [-0.3, -0.25) is 19.4 Å². The van der Waals surface area contributed by atoms with Crippen LogP contribution in [0.3, 0.4) is 0 Å². The zero-order valence-electron chi connectivity index (χ0n) is 17.0. The molecule has 1 aliphatic rings. The number of hydrogen-bond acceptors (Lipinski definition) is 4. The van der Waals surface area contributed by atoms with E-state index in [0.29, 0.717) is 44.4 Å². The second kappa shape index (κ2) is 10.6. The molecule has 1 aromatic heterocycles. The fraction of sp³-hybridized carbons (Fsp3) is 0.364. The molecule has 3 rings (SSSR count). The largest absolute Gasteiger partial charge is 0.352 e. The van der Waals surface area contributed by atoms with Gasteiger partial charge in [0.25, 0.3) is 5.91 Å². The lowest BCUT2D eigenvalue weighted by Gasteiger charge is -2.35. The molecule has 164 valence electrons. The first kappa shape index (κ1) is 22.3. The van der Waals surface area contributed by atoms with Crippen molar-refractivity contribution in [1.29, 1.82) is 0 Å². The van der Waals surface area contributed by atoms with Crippen molar-refractivity contribution in [3.05, 3.63) is 65.5 Å². The third-order valence-corrected chi connectivity index (χ3v) is 5.07. The van der Waals surface area contributed by atoms with Gasteiger partial charge in [0.05, 0.1) is 12.0 Å². The Labute approximate surface area is 179 Å². The quantitative estimate of drug-likeness (QED) is 0.679. The first-order valence-electron chi connectivity index (χ1n) is 10.1. The Kier molecular flexibility index (Phi) is 7.64. The van der Waals surface area contributed by atoms with Crippen LogP contribution in [0.4, 0.5) is 8.78 Å². The number of carbonyl (C=O) groups excluding carboxylic acids is 3. The van der Waals surface area contributed by atoms with Gasteiger partial charge in [0.1, 0.15) is 11.6 Å². The van der Waals surface area contributed by atoms with Crippen LogP contribution < -0.4 is 5.32 Å². The zero-order valence-corrected chi connectivity index (χ0v) is 17.0. The maximum absolute atomic E-state index is 13.6. The number of rotatable bonds is 7. The number of hydrogen-bond donors (Lipinski definition) is 1. The predicted octanol–water partition coefficient (Wildman–Crippen LogP) is 1.78. The summed E-state index contributed by atoms with van der Waals surface area (Å²) in [6.45, 7) is 2.06. The van der Waals surface area contributed by atoms with Crippen LogP contribution in [0.25, 0.3) is 0 Å². The van der Waals surface area contributed by atoms with Gasteiger partial charge in [0.15, 0.2) is 0 Å². The van der Waals surface area contributed by atoms with Gasteiger partial charge < -0.3 is 15.1 Å². The molecule has 1 aromatic carbocycles. The molecule has 1 aliphatic heterocycles. The molecule has 0 unspecified atom stereocenters. The fourth-order valence-corrected chi connectivity index (χ4v) is 3.34. The normalized spacial score (nSPS) is 13.7. The molecule has 0 saturated carbocycles. The Morgan fingerprint density at radius 3 is 2.32 bits per heavy atom. The molecule has 2 aromatic rings. The maximum Gasteiger partial charge on any atom is 0.254 e. The van der Waals surface area contributed by atoms with Crippen molar-refractivity contribution in [2.24, 2.45) is 0 Å². The van der Waals surface area contributed by atoms with E-state index in [4.69, 9.17) is 0 Å². The molecule has 9 heteroatoms. The van der Waals surface area contributed by atoms with Crippen LogP contribution in [0.1, 0.15) is 28.9 Å². The Morgan fingerprint density at radius 1 is 0.968 bits per heavy atom. The smallest absolute Gasteiger partial charge is 0.254 e. The lowest BCUT2D eigenvalue weighted by molar-refractivity contribution is -0.139. The Hall–Kier alpha value is -3.36. The number of pyridine rings is 1. The van der Waals surface area contributed by atoms with Gasteiger partial charge in [0.2, 0.25) is 11.8 Å². The zero-order chi connectivity index (χ0) is 22.2. The third kappa shape index (κ3) is 6.31. The summed E-state index contributed by atoms with van der Waals surface area (Å²) in [5.74, 6) is -2.40. The van der Waals surface area contributed by atoms with Gasteiger partial charge in [-0.25, -0.2) is 8.78 Å². The molecule has 0 aliphatic carbocycles. The van der Waals surface area contributed by atoms with Crippen LogP contribution in [-0.4, -0.2) is 65.2 Å². The molecule has 1 N–H and O–H groups in total. The minimum Gasteiger partial charge on any atom is -0.352 e. The van der Waals surface area contributed by atoms with Gasteiger partial charge in [0, 0.05) is 57.1 Å². The average Bonchev–Trinajstić information content (AvgIpc) is 2.77. The molecule has 0 spiro atoms.